The zero-order chi connectivity index (χ0) is 10.1. The molecule has 0 saturated carbocycles. The Morgan fingerprint density at radius 1 is 1.57 bits per heavy atom. The number of nitrogens with two attached hydrogens (primary N) is 1. The Morgan fingerprint density at radius 2 is 2.36 bits per heavy atom. The van der Waals surface area contributed by atoms with Crippen LogP contribution < -0.4 is 5.73 Å². The van der Waals surface area contributed by atoms with Gasteiger partial charge in [-0.25, -0.2) is 9.50 Å². The number of nitrogens with zero attached hydrogens (tertiary/aromatic N) is 3. The van der Waals surface area contributed by atoms with Crippen LogP contribution in [-0.4, -0.2) is 26.9 Å². The van der Waals surface area contributed by atoms with Crippen LogP contribution in [0.1, 0.15) is 16.2 Å². The van der Waals surface area contributed by atoms with E-state index in [1.165, 1.54) is 0 Å². The van der Waals surface area contributed by atoms with Crippen LogP contribution in [0.4, 0.5) is 0 Å². The van der Waals surface area contributed by atoms with E-state index < -0.39 is 0 Å². The fourth-order valence-corrected chi connectivity index (χ4v) is 1.28. The van der Waals surface area contributed by atoms with Gasteiger partial charge >= 0.3 is 0 Å². The fourth-order valence-electron chi connectivity index (χ4n) is 1.28. The fraction of sp³-hybridized carbons (Fsp3) is 0.222. The molecular formula is C9H10N4O. The molecule has 5 nitrogen and oxygen atoms in total. The summed E-state index contributed by atoms with van der Waals surface area (Å²) in [5.41, 5.74) is 6.55. The van der Waals surface area contributed by atoms with E-state index in [1.807, 2.05) is 0 Å². The van der Waals surface area contributed by atoms with Crippen molar-refractivity contribution in [3.8, 4) is 0 Å². The number of carbonyl (C=O) groups is 1. The zero-order valence-corrected chi connectivity index (χ0v) is 7.77. The first-order valence-electron chi connectivity index (χ1n) is 4.27. The molecule has 72 valence electrons. The number of aryl methyl sites for hydroxylation is 1. The summed E-state index contributed by atoms with van der Waals surface area (Å²) in [4.78, 5) is 15.4. The maximum atomic E-state index is 11.3. The Labute approximate surface area is 80.6 Å². The third kappa shape index (κ3) is 1.38. The van der Waals surface area contributed by atoms with Crippen molar-refractivity contribution in [3.63, 3.8) is 0 Å². The molecular weight excluding hydrogens is 180 g/mol. The molecule has 0 saturated heterocycles. The van der Waals surface area contributed by atoms with Crippen molar-refractivity contribution in [2.45, 2.75) is 6.92 Å². The molecule has 0 amide bonds. The Kier molecular flexibility index (Phi) is 2.01. The van der Waals surface area contributed by atoms with Crippen LogP contribution in [0.25, 0.3) is 5.65 Å². The molecule has 2 rings (SSSR count). The molecule has 2 heterocycles. The van der Waals surface area contributed by atoms with Crippen LogP contribution in [-0.2, 0) is 0 Å². The summed E-state index contributed by atoms with van der Waals surface area (Å²) >= 11 is 0. The molecule has 2 aromatic rings. The minimum Gasteiger partial charge on any atom is -0.324 e. The predicted octanol–water partition coefficient (Wildman–Crippen LogP) is 0.179. The second-order valence-electron chi connectivity index (χ2n) is 3.01. The highest BCUT2D eigenvalue weighted by atomic mass is 16.1. The van der Waals surface area contributed by atoms with Gasteiger partial charge in [0.25, 0.3) is 0 Å². The Hall–Kier alpha value is -1.75. The molecule has 0 bridgehead atoms. The number of Topliss-reactive ketones (excluding diaryl/α,β-unsaturated/α-hetero) is 1. The van der Waals surface area contributed by atoms with Gasteiger partial charge < -0.3 is 5.73 Å². The summed E-state index contributed by atoms with van der Waals surface area (Å²) in [5.74, 6) is 0.586. The van der Waals surface area contributed by atoms with Crippen LogP contribution in [0.15, 0.2) is 18.3 Å². The van der Waals surface area contributed by atoms with E-state index in [0.717, 1.165) is 5.65 Å². The van der Waals surface area contributed by atoms with Crippen molar-refractivity contribution >= 4 is 11.4 Å². The second-order valence-corrected chi connectivity index (χ2v) is 3.01. The molecule has 0 aromatic carbocycles. The predicted molar refractivity (Wildman–Crippen MR) is 51.1 cm³/mol. The molecule has 0 fully saturated rings. The van der Waals surface area contributed by atoms with Crippen LogP contribution >= 0.6 is 0 Å². The van der Waals surface area contributed by atoms with Crippen molar-refractivity contribution in [1.82, 2.24) is 14.6 Å². The molecule has 0 unspecified atom stereocenters. The first-order valence-corrected chi connectivity index (χ1v) is 4.27. The van der Waals surface area contributed by atoms with E-state index in [0.29, 0.717) is 11.4 Å². The number of pyridine rings is 1. The first kappa shape index (κ1) is 8.83. The van der Waals surface area contributed by atoms with Crippen molar-refractivity contribution in [2.75, 3.05) is 6.54 Å². The summed E-state index contributed by atoms with van der Waals surface area (Å²) < 4.78 is 1.58. The van der Waals surface area contributed by atoms with E-state index in [1.54, 1.807) is 29.8 Å². The minimum atomic E-state index is -0.0972. The lowest BCUT2D eigenvalue weighted by molar-refractivity contribution is 0.100. The van der Waals surface area contributed by atoms with E-state index in [4.69, 9.17) is 5.73 Å². The average molecular weight is 190 g/mol. The van der Waals surface area contributed by atoms with Gasteiger partial charge in [-0.15, -0.1) is 0 Å². The average Bonchev–Trinajstić information content (AvgIpc) is 2.55. The summed E-state index contributed by atoms with van der Waals surface area (Å²) in [5, 5.41) is 4.10. The lowest BCUT2D eigenvalue weighted by Gasteiger charge is -1.97. The monoisotopic (exact) mass is 190 g/mol. The number of rotatable bonds is 2. The van der Waals surface area contributed by atoms with Crippen molar-refractivity contribution in [3.05, 3.63) is 29.7 Å². The van der Waals surface area contributed by atoms with Crippen LogP contribution in [0.2, 0.25) is 0 Å². The molecule has 0 atom stereocenters. The van der Waals surface area contributed by atoms with Gasteiger partial charge in [-0.3, -0.25) is 4.79 Å². The molecule has 5 heteroatoms. The van der Waals surface area contributed by atoms with Crippen molar-refractivity contribution in [2.24, 2.45) is 5.73 Å². The van der Waals surface area contributed by atoms with Gasteiger partial charge in [-0.05, 0) is 19.1 Å². The summed E-state index contributed by atoms with van der Waals surface area (Å²) in [6.45, 7) is 1.82. The van der Waals surface area contributed by atoms with Gasteiger partial charge in [0.2, 0.25) is 0 Å². The molecule has 0 spiro atoms. The SMILES string of the molecule is Cc1nc2ccc(C(=O)CN)cn2n1. The number of hydrogen-bond acceptors (Lipinski definition) is 4. The van der Waals surface area contributed by atoms with E-state index in [2.05, 4.69) is 10.1 Å². The molecule has 0 aliphatic carbocycles. The smallest absolute Gasteiger partial charge is 0.177 e. The van der Waals surface area contributed by atoms with Crippen LogP contribution in [0.3, 0.4) is 0 Å². The van der Waals surface area contributed by atoms with E-state index in [-0.39, 0.29) is 12.3 Å². The van der Waals surface area contributed by atoms with Gasteiger partial charge in [-0.2, -0.15) is 5.10 Å². The number of ketones is 1. The molecule has 0 aliphatic heterocycles. The highest BCUT2D eigenvalue weighted by Crippen LogP contribution is 2.04. The van der Waals surface area contributed by atoms with Gasteiger partial charge in [0.05, 0.1) is 6.54 Å². The van der Waals surface area contributed by atoms with Crippen LogP contribution in [0.5, 0.6) is 0 Å². The zero-order valence-electron chi connectivity index (χ0n) is 7.77. The summed E-state index contributed by atoms with van der Waals surface area (Å²) in [7, 11) is 0. The van der Waals surface area contributed by atoms with E-state index >= 15 is 0 Å². The number of carbonyl (C=O) groups excluding carboxylic acids is 1. The van der Waals surface area contributed by atoms with Gasteiger partial charge in [-0.1, -0.05) is 0 Å². The summed E-state index contributed by atoms with van der Waals surface area (Å²) in [6, 6.07) is 3.46. The largest absolute Gasteiger partial charge is 0.324 e. The summed E-state index contributed by atoms with van der Waals surface area (Å²) in [6.07, 6.45) is 1.64. The minimum absolute atomic E-state index is 0.0131. The van der Waals surface area contributed by atoms with Gasteiger partial charge in [0.15, 0.2) is 11.4 Å². The Bertz CT molecular complexity index is 489. The van der Waals surface area contributed by atoms with Gasteiger partial charge in [0.1, 0.15) is 5.82 Å². The highest BCUT2D eigenvalue weighted by molar-refractivity contribution is 5.97. The Morgan fingerprint density at radius 3 is 3.07 bits per heavy atom. The Balaban J connectivity index is 2.55. The first-order chi connectivity index (χ1) is 6.70. The molecule has 2 N–H and O–H groups in total. The number of hydrogen-bond donors (Lipinski definition) is 1. The number of aromatic nitrogens is 3. The highest BCUT2D eigenvalue weighted by Gasteiger charge is 2.05. The van der Waals surface area contributed by atoms with E-state index in [9.17, 15) is 4.79 Å². The maximum absolute atomic E-state index is 11.3. The molecule has 0 radical (unpaired) electrons. The van der Waals surface area contributed by atoms with Gasteiger partial charge in [0, 0.05) is 11.8 Å². The van der Waals surface area contributed by atoms with Crippen molar-refractivity contribution < 1.29 is 4.79 Å². The topological polar surface area (TPSA) is 73.3 Å². The lowest BCUT2D eigenvalue weighted by atomic mass is 10.2. The normalized spacial score (nSPS) is 10.7. The van der Waals surface area contributed by atoms with Crippen molar-refractivity contribution in [1.29, 1.82) is 0 Å². The third-order valence-electron chi connectivity index (χ3n) is 1.94. The molecule has 14 heavy (non-hydrogen) atoms. The maximum Gasteiger partial charge on any atom is 0.177 e. The van der Waals surface area contributed by atoms with Crippen LogP contribution in [0, 0.1) is 6.92 Å². The third-order valence-corrected chi connectivity index (χ3v) is 1.94. The quantitative estimate of drug-likeness (QED) is 0.685. The lowest BCUT2D eigenvalue weighted by Crippen LogP contribution is -2.14. The molecule has 0 aliphatic rings. The standard InChI is InChI=1S/C9H10N4O/c1-6-11-9-3-2-7(8(14)4-10)5-13(9)12-6/h2-3,5H,4,10H2,1H3. The second kappa shape index (κ2) is 3.19. The molecule has 2 aromatic heterocycles. The number of fused-ring (bicyclic) bond motifs is 1.